The van der Waals surface area contributed by atoms with Gasteiger partial charge in [0.15, 0.2) is 0 Å². The van der Waals surface area contributed by atoms with Gasteiger partial charge in [0.1, 0.15) is 17.3 Å². The lowest BCUT2D eigenvalue weighted by Gasteiger charge is -2.11. The number of methoxy groups -OCH3 is 2. The number of carbonyl (C=O) groups is 1. The van der Waals surface area contributed by atoms with Crippen LogP contribution in [0.25, 0.3) is 0 Å². The fraction of sp³-hybridized carbons (Fsp3) is 0.188. The summed E-state index contributed by atoms with van der Waals surface area (Å²) >= 11 is 0. The number of anilines is 1. The van der Waals surface area contributed by atoms with Gasteiger partial charge in [-0.15, -0.1) is 0 Å². The lowest BCUT2D eigenvalue weighted by molar-refractivity contribution is -0.386. The van der Waals surface area contributed by atoms with E-state index in [1.54, 1.807) is 0 Å². The molecule has 0 aromatic heterocycles. The van der Waals surface area contributed by atoms with Crippen LogP contribution in [0.1, 0.15) is 15.9 Å². The fourth-order valence-electron chi connectivity index (χ4n) is 2.16. The van der Waals surface area contributed by atoms with E-state index >= 15 is 0 Å². The molecule has 132 valence electrons. The molecule has 2 rings (SSSR count). The van der Waals surface area contributed by atoms with Crippen molar-refractivity contribution < 1.29 is 28.0 Å². The number of nitro groups is 1. The lowest BCUT2D eigenvalue weighted by atomic mass is 10.1. The molecule has 9 heteroatoms. The molecule has 0 saturated heterocycles. The van der Waals surface area contributed by atoms with E-state index in [1.807, 2.05) is 0 Å². The SMILES string of the molecule is COC(=O)c1ccc(F)c(CNc2cc(OC)cc(F)c2[N+](=O)[O-])c1. The maximum Gasteiger partial charge on any atom is 0.337 e. The van der Waals surface area contributed by atoms with Crippen LogP contribution < -0.4 is 10.1 Å². The van der Waals surface area contributed by atoms with Crippen molar-refractivity contribution in [3.63, 3.8) is 0 Å². The Morgan fingerprint density at radius 3 is 2.52 bits per heavy atom. The van der Waals surface area contributed by atoms with Crippen molar-refractivity contribution in [1.29, 1.82) is 0 Å². The van der Waals surface area contributed by atoms with Gasteiger partial charge in [-0.25, -0.2) is 9.18 Å². The molecule has 7 nitrogen and oxygen atoms in total. The first-order valence-electron chi connectivity index (χ1n) is 7.00. The number of esters is 1. The van der Waals surface area contributed by atoms with Gasteiger partial charge < -0.3 is 14.8 Å². The van der Waals surface area contributed by atoms with Crippen LogP contribution in [0.5, 0.6) is 5.75 Å². The largest absolute Gasteiger partial charge is 0.497 e. The molecular formula is C16H14F2N2O5. The van der Waals surface area contributed by atoms with Gasteiger partial charge in [-0.05, 0) is 18.2 Å². The highest BCUT2D eigenvalue weighted by atomic mass is 19.1. The minimum atomic E-state index is -1.09. The number of hydrogen-bond acceptors (Lipinski definition) is 6. The van der Waals surface area contributed by atoms with Crippen LogP contribution >= 0.6 is 0 Å². The number of carbonyl (C=O) groups excluding carboxylic acids is 1. The number of rotatable bonds is 6. The van der Waals surface area contributed by atoms with Crippen LogP contribution in [0.3, 0.4) is 0 Å². The Labute approximate surface area is 141 Å². The number of benzene rings is 2. The Morgan fingerprint density at radius 2 is 1.92 bits per heavy atom. The first kappa shape index (κ1) is 18.1. The topological polar surface area (TPSA) is 90.7 Å². The number of ether oxygens (including phenoxy) is 2. The van der Waals surface area contributed by atoms with Crippen LogP contribution in [0.15, 0.2) is 30.3 Å². The van der Waals surface area contributed by atoms with Gasteiger partial charge in [0.25, 0.3) is 0 Å². The van der Waals surface area contributed by atoms with E-state index in [4.69, 9.17) is 4.74 Å². The van der Waals surface area contributed by atoms with E-state index in [1.165, 1.54) is 32.4 Å². The van der Waals surface area contributed by atoms with Gasteiger partial charge in [-0.3, -0.25) is 10.1 Å². The summed E-state index contributed by atoms with van der Waals surface area (Å²) in [6.07, 6.45) is 0. The first-order valence-corrected chi connectivity index (χ1v) is 7.00. The van der Waals surface area contributed by atoms with Gasteiger partial charge in [-0.2, -0.15) is 4.39 Å². The zero-order valence-corrected chi connectivity index (χ0v) is 13.3. The minimum Gasteiger partial charge on any atom is -0.497 e. The summed E-state index contributed by atoms with van der Waals surface area (Å²) in [6.45, 7) is -0.218. The molecule has 0 heterocycles. The minimum absolute atomic E-state index is 0.0560. The number of nitrogens with zero attached hydrogens (tertiary/aromatic N) is 1. The quantitative estimate of drug-likeness (QED) is 0.487. The van der Waals surface area contributed by atoms with Crippen LogP contribution in [0.2, 0.25) is 0 Å². The molecule has 25 heavy (non-hydrogen) atoms. The zero-order valence-electron chi connectivity index (χ0n) is 13.3. The normalized spacial score (nSPS) is 10.2. The molecule has 0 spiro atoms. The highest BCUT2D eigenvalue weighted by Gasteiger charge is 2.22. The predicted octanol–water partition coefficient (Wildman–Crippen LogP) is 3.28. The average molecular weight is 352 g/mol. The van der Waals surface area contributed by atoms with Crippen molar-refractivity contribution in [1.82, 2.24) is 0 Å². The molecule has 2 aromatic carbocycles. The van der Waals surface area contributed by atoms with Crippen molar-refractivity contribution in [2.75, 3.05) is 19.5 Å². The van der Waals surface area contributed by atoms with Gasteiger partial charge >= 0.3 is 11.7 Å². The molecule has 0 radical (unpaired) electrons. The molecule has 0 atom stereocenters. The Morgan fingerprint density at radius 1 is 1.20 bits per heavy atom. The number of hydrogen-bond donors (Lipinski definition) is 1. The molecule has 0 aliphatic rings. The summed E-state index contributed by atoms with van der Waals surface area (Å²) in [4.78, 5) is 21.7. The number of halogens is 2. The highest BCUT2D eigenvalue weighted by Crippen LogP contribution is 2.32. The maximum atomic E-state index is 13.9. The third kappa shape index (κ3) is 4.00. The highest BCUT2D eigenvalue weighted by molar-refractivity contribution is 5.89. The molecule has 1 N–H and O–H groups in total. The van der Waals surface area contributed by atoms with E-state index in [0.717, 1.165) is 12.1 Å². The average Bonchev–Trinajstić information content (AvgIpc) is 2.59. The summed E-state index contributed by atoms with van der Waals surface area (Å²) in [7, 11) is 2.47. The third-order valence-corrected chi connectivity index (χ3v) is 3.39. The summed E-state index contributed by atoms with van der Waals surface area (Å²) in [5.74, 6) is -2.31. The van der Waals surface area contributed by atoms with E-state index in [2.05, 4.69) is 10.1 Å². The van der Waals surface area contributed by atoms with Crippen LogP contribution in [0.4, 0.5) is 20.2 Å². The van der Waals surface area contributed by atoms with Crippen molar-refractivity contribution in [2.24, 2.45) is 0 Å². The monoisotopic (exact) mass is 352 g/mol. The summed E-state index contributed by atoms with van der Waals surface area (Å²) in [5, 5.41) is 13.6. The molecule has 2 aromatic rings. The second kappa shape index (κ2) is 7.56. The van der Waals surface area contributed by atoms with Gasteiger partial charge in [0.2, 0.25) is 5.82 Å². The van der Waals surface area contributed by atoms with Gasteiger partial charge in [0.05, 0.1) is 24.7 Å². The lowest BCUT2D eigenvalue weighted by Crippen LogP contribution is -2.08. The van der Waals surface area contributed by atoms with Crippen molar-refractivity contribution in [3.8, 4) is 5.75 Å². The first-order chi connectivity index (χ1) is 11.9. The summed E-state index contributed by atoms with van der Waals surface area (Å²) in [6, 6.07) is 5.67. The Balaban J connectivity index is 2.34. The van der Waals surface area contributed by atoms with Crippen molar-refractivity contribution in [3.05, 3.63) is 63.2 Å². The van der Waals surface area contributed by atoms with E-state index < -0.39 is 28.2 Å². The molecule has 0 aliphatic heterocycles. The van der Waals surface area contributed by atoms with E-state index in [-0.39, 0.29) is 29.1 Å². The maximum absolute atomic E-state index is 13.9. The molecule has 0 fully saturated rings. The van der Waals surface area contributed by atoms with E-state index in [0.29, 0.717) is 0 Å². The molecule has 0 amide bonds. The molecule has 0 saturated carbocycles. The Hall–Kier alpha value is -3.23. The smallest absolute Gasteiger partial charge is 0.337 e. The predicted molar refractivity (Wildman–Crippen MR) is 84.7 cm³/mol. The Kier molecular flexibility index (Phi) is 5.48. The van der Waals surface area contributed by atoms with Gasteiger partial charge in [-0.1, -0.05) is 0 Å². The Bertz CT molecular complexity index is 826. The molecule has 0 aliphatic carbocycles. The number of nitrogens with one attached hydrogen (secondary N) is 1. The van der Waals surface area contributed by atoms with Gasteiger partial charge in [0, 0.05) is 24.2 Å². The third-order valence-electron chi connectivity index (χ3n) is 3.39. The molecular weight excluding hydrogens is 338 g/mol. The van der Waals surface area contributed by atoms with Crippen LogP contribution in [-0.2, 0) is 11.3 Å². The standard InChI is InChI=1S/C16H14F2N2O5/c1-24-11-6-13(18)15(20(22)23)14(7-11)19-8-10-5-9(16(21)25-2)3-4-12(10)17/h3-7,19H,8H2,1-2H3. The molecule has 0 unspecified atom stereocenters. The summed E-state index contributed by atoms with van der Waals surface area (Å²) in [5.41, 5.74) is -0.789. The second-order valence-electron chi connectivity index (χ2n) is 4.91. The fourth-order valence-corrected chi connectivity index (χ4v) is 2.16. The van der Waals surface area contributed by atoms with Crippen LogP contribution in [0, 0.1) is 21.7 Å². The summed E-state index contributed by atoms with van der Waals surface area (Å²) < 4.78 is 37.2. The number of nitro benzene ring substituents is 1. The van der Waals surface area contributed by atoms with Crippen molar-refractivity contribution >= 4 is 17.3 Å². The van der Waals surface area contributed by atoms with E-state index in [9.17, 15) is 23.7 Å². The molecule has 0 bridgehead atoms. The van der Waals surface area contributed by atoms with Crippen LogP contribution in [-0.4, -0.2) is 25.1 Å². The zero-order chi connectivity index (χ0) is 18.6. The van der Waals surface area contributed by atoms with Crippen molar-refractivity contribution in [2.45, 2.75) is 6.54 Å². The second-order valence-corrected chi connectivity index (χ2v) is 4.91.